The zero-order valence-electron chi connectivity index (χ0n) is 21.0. The van der Waals surface area contributed by atoms with Crippen LogP contribution < -0.4 is 10.2 Å². The lowest BCUT2D eigenvalue weighted by Gasteiger charge is -2.28. The quantitative estimate of drug-likeness (QED) is 0.384. The lowest BCUT2D eigenvalue weighted by atomic mass is 9.73. The molecule has 0 unspecified atom stereocenters. The fourth-order valence-electron chi connectivity index (χ4n) is 6.70. The Bertz CT molecular complexity index is 1430. The third kappa shape index (κ3) is 4.18. The number of ether oxygens (including phenoxy) is 1. The molecule has 3 fully saturated rings. The topological polar surface area (TPSA) is 92.8 Å². The summed E-state index contributed by atoms with van der Waals surface area (Å²) in [7, 11) is 0. The molecule has 0 radical (unpaired) electrons. The molecule has 3 aliphatic rings. The van der Waals surface area contributed by atoms with Gasteiger partial charge < -0.3 is 10.1 Å². The van der Waals surface area contributed by atoms with Crippen molar-refractivity contribution in [2.24, 2.45) is 23.7 Å². The average molecular weight is 509 g/mol. The van der Waals surface area contributed by atoms with Crippen molar-refractivity contribution in [1.29, 1.82) is 0 Å². The molecule has 192 valence electrons. The summed E-state index contributed by atoms with van der Waals surface area (Å²) in [5.41, 5.74) is 3.38. The number of nitrogens with zero attached hydrogens (tertiary/aromatic N) is 1. The highest BCUT2D eigenvalue weighted by atomic mass is 16.5. The minimum Gasteiger partial charge on any atom is -0.452 e. The van der Waals surface area contributed by atoms with E-state index in [4.69, 9.17) is 4.74 Å². The highest BCUT2D eigenvalue weighted by molar-refractivity contribution is 6.23. The van der Waals surface area contributed by atoms with Crippen LogP contribution in [0.15, 0.2) is 78.9 Å². The molecule has 1 heterocycles. The molecular weight excluding hydrogens is 480 g/mol. The van der Waals surface area contributed by atoms with Crippen LogP contribution in [-0.2, 0) is 19.1 Å². The van der Waals surface area contributed by atoms with Gasteiger partial charge in [0.2, 0.25) is 11.8 Å². The number of hydrogen-bond acceptors (Lipinski definition) is 5. The third-order valence-electron chi connectivity index (χ3n) is 8.22. The Balaban J connectivity index is 1.14. The van der Waals surface area contributed by atoms with Crippen molar-refractivity contribution in [3.8, 4) is 0 Å². The van der Waals surface area contributed by atoms with Gasteiger partial charge in [-0.15, -0.1) is 0 Å². The number of carbonyl (C=O) groups excluding carboxylic acids is 4. The van der Waals surface area contributed by atoms with Gasteiger partial charge in [-0.3, -0.25) is 19.3 Å². The number of aryl methyl sites for hydroxylation is 1. The number of carbonyl (C=O) groups is 4. The van der Waals surface area contributed by atoms with Crippen LogP contribution in [0, 0.1) is 30.6 Å². The number of amides is 3. The molecule has 7 heteroatoms. The van der Waals surface area contributed by atoms with Gasteiger partial charge in [0.15, 0.2) is 6.61 Å². The maximum absolute atomic E-state index is 13.6. The summed E-state index contributed by atoms with van der Waals surface area (Å²) in [5.74, 6) is -1.52. The molecule has 2 bridgehead atoms. The van der Waals surface area contributed by atoms with Crippen molar-refractivity contribution in [3.63, 3.8) is 0 Å². The first-order chi connectivity index (χ1) is 18.4. The molecule has 5 atom stereocenters. The number of imide groups is 1. The summed E-state index contributed by atoms with van der Waals surface area (Å²) >= 11 is 0. The van der Waals surface area contributed by atoms with Crippen LogP contribution in [0.2, 0.25) is 0 Å². The maximum Gasteiger partial charge on any atom is 0.338 e. The largest absolute Gasteiger partial charge is 0.452 e. The van der Waals surface area contributed by atoms with E-state index < -0.39 is 18.5 Å². The van der Waals surface area contributed by atoms with E-state index >= 15 is 0 Å². The normalized spacial score (nSPS) is 25.4. The minimum atomic E-state index is -0.699. The molecule has 3 aromatic carbocycles. The predicted octanol–water partition coefficient (Wildman–Crippen LogP) is 4.72. The standard InChI is InChI=1S/C31H28N2O5/c1-18-7-5-11-22(13-18)32-26(34)17-38-31(37)20-10-6-12-23(14-20)33-29(35)27-21-15-24(19-8-3-2-4-9-19)25(16-21)28(27)30(33)36/h2-14,21,24-25,27-28H,15-17H2,1H3,(H,32,34)/t21-,24-,25+,27+,28-/m0/s1. The van der Waals surface area contributed by atoms with Gasteiger partial charge in [-0.2, -0.15) is 0 Å². The number of benzene rings is 3. The van der Waals surface area contributed by atoms with Crippen LogP contribution in [0.3, 0.4) is 0 Å². The molecule has 1 saturated heterocycles. The van der Waals surface area contributed by atoms with E-state index in [9.17, 15) is 19.2 Å². The molecule has 1 aliphatic heterocycles. The molecule has 0 aromatic heterocycles. The molecule has 1 N–H and O–H groups in total. The van der Waals surface area contributed by atoms with Crippen LogP contribution >= 0.6 is 0 Å². The van der Waals surface area contributed by atoms with E-state index in [0.29, 0.717) is 11.4 Å². The zero-order chi connectivity index (χ0) is 26.4. The molecule has 3 amide bonds. The first kappa shape index (κ1) is 24.1. The second kappa shape index (κ2) is 9.56. The van der Waals surface area contributed by atoms with Gasteiger partial charge in [-0.1, -0.05) is 48.5 Å². The van der Waals surface area contributed by atoms with Gasteiger partial charge in [-0.05, 0) is 79.0 Å². The summed E-state index contributed by atoms with van der Waals surface area (Å²) in [4.78, 5) is 53.3. The summed E-state index contributed by atoms with van der Waals surface area (Å²) in [6, 6.07) is 23.9. The fourth-order valence-corrected chi connectivity index (χ4v) is 6.70. The SMILES string of the molecule is Cc1cccc(NC(=O)COC(=O)c2cccc(N3C(=O)[C@@H]4[C@@H]5C[C@@H]([C@@H]4C3=O)[C@H](c3ccccc3)C5)c2)c1. The van der Waals surface area contributed by atoms with Crippen LogP contribution in [0.4, 0.5) is 11.4 Å². The van der Waals surface area contributed by atoms with Crippen molar-refractivity contribution in [2.45, 2.75) is 25.7 Å². The molecule has 3 aromatic rings. The second-order valence-electron chi connectivity index (χ2n) is 10.5. The smallest absolute Gasteiger partial charge is 0.338 e. The fraction of sp³-hybridized carbons (Fsp3) is 0.290. The summed E-state index contributed by atoms with van der Waals surface area (Å²) in [5, 5.41) is 2.70. The van der Waals surface area contributed by atoms with Crippen LogP contribution in [0.25, 0.3) is 0 Å². The lowest BCUT2D eigenvalue weighted by Crippen LogP contribution is -2.33. The van der Waals surface area contributed by atoms with Gasteiger partial charge in [0.1, 0.15) is 0 Å². The van der Waals surface area contributed by atoms with E-state index in [1.54, 1.807) is 24.3 Å². The van der Waals surface area contributed by atoms with E-state index in [0.717, 1.165) is 18.4 Å². The van der Waals surface area contributed by atoms with Gasteiger partial charge in [0.05, 0.1) is 23.1 Å². The molecule has 0 spiro atoms. The molecular formula is C31H28N2O5. The van der Waals surface area contributed by atoms with Gasteiger partial charge in [0.25, 0.3) is 5.91 Å². The van der Waals surface area contributed by atoms with Crippen molar-refractivity contribution in [3.05, 3.63) is 95.6 Å². The predicted molar refractivity (Wildman–Crippen MR) is 141 cm³/mol. The highest BCUT2D eigenvalue weighted by Crippen LogP contribution is 2.61. The van der Waals surface area contributed by atoms with E-state index in [1.165, 1.54) is 16.5 Å². The lowest BCUT2D eigenvalue weighted by molar-refractivity contribution is -0.123. The van der Waals surface area contributed by atoms with E-state index in [2.05, 4.69) is 17.4 Å². The van der Waals surface area contributed by atoms with Crippen molar-refractivity contribution >= 4 is 35.1 Å². The third-order valence-corrected chi connectivity index (χ3v) is 8.22. The summed E-state index contributed by atoms with van der Waals surface area (Å²) in [6.45, 7) is 1.46. The number of hydrogen-bond donors (Lipinski definition) is 1. The maximum atomic E-state index is 13.6. The van der Waals surface area contributed by atoms with Gasteiger partial charge >= 0.3 is 5.97 Å². The van der Waals surface area contributed by atoms with Crippen LogP contribution in [-0.4, -0.2) is 30.3 Å². The Morgan fingerprint density at radius 3 is 2.45 bits per heavy atom. The van der Waals surface area contributed by atoms with Gasteiger partial charge in [0, 0.05) is 5.69 Å². The van der Waals surface area contributed by atoms with Crippen molar-refractivity contribution in [2.75, 3.05) is 16.8 Å². The first-order valence-corrected chi connectivity index (χ1v) is 13.0. The van der Waals surface area contributed by atoms with Crippen LogP contribution in [0.1, 0.15) is 40.2 Å². The number of esters is 1. The van der Waals surface area contributed by atoms with Crippen LogP contribution in [0.5, 0.6) is 0 Å². The monoisotopic (exact) mass is 508 g/mol. The number of rotatable bonds is 6. The zero-order valence-corrected chi connectivity index (χ0v) is 21.0. The first-order valence-electron chi connectivity index (χ1n) is 13.0. The molecule has 2 aliphatic carbocycles. The van der Waals surface area contributed by atoms with Crippen molar-refractivity contribution < 1.29 is 23.9 Å². The van der Waals surface area contributed by atoms with E-state index in [-0.39, 0.29) is 47.0 Å². The highest BCUT2D eigenvalue weighted by Gasteiger charge is 2.64. The number of anilines is 2. The molecule has 7 nitrogen and oxygen atoms in total. The Labute approximate surface area is 220 Å². The Morgan fingerprint density at radius 2 is 1.66 bits per heavy atom. The Morgan fingerprint density at radius 1 is 0.895 bits per heavy atom. The Kier molecular flexibility index (Phi) is 6.06. The average Bonchev–Trinajstić information content (AvgIpc) is 3.59. The van der Waals surface area contributed by atoms with Gasteiger partial charge in [-0.25, -0.2) is 4.79 Å². The number of nitrogens with one attached hydrogen (secondary N) is 1. The summed E-state index contributed by atoms with van der Waals surface area (Å²) < 4.78 is 5.21. The van der Waals surface area contributed by atoms with E-state index in [1.807, 2.05) is 43.3 Å². The van der Waals surface area contributed by atoms with Crippen molar-refractivity contribution in [1.82, 2.24) is 0 Å². The molecule has 6 rings (SSSR count). The Hall–Kier alpha value is -4.26. The second-order valence-corrected chi connectivity index (χ2v) is 10.5. The minimum absolute atomic E-state index is 0.147. The molecule has 38 heavy (non-hydrogen) atoms. The summed E-state index contributed by atoms with van der Waals surface area (Å²) in [6.07, 6.45) is 1.82. The number of fused-ring (bicyclic) bond motifs is 5. The molecule has 2 saturated carbocycles.